The van der Waals surface area contributed by atoms with E-state index in [9.17, 15) is 4.79 Å². The lowest BCUT2D eigenvalue weighted by atomic mass is 10.1. The monoisotopic (exact) mass is 353 g/mol. The second-order valence-electron chi connectivity index (χ2n) is 5.29. The van der Waals surface area contributed by atoms with Gasteiger partial charge >= 0.3 is 6.09 Å². The molecule has 3 rings (SSSR count). The number of carbonyl (C=O) groups is 1. The van der Waals surface area contributed by atoms with Crippen molar-refractivity contribution < 1.29 is 9.53 Å². The molecule has 25 heavy (non-hydrogen) atoms. The zero-order chi connectivity index (χ0) is 17.5. The molecule has 6 heteroatoms. The van der Waals surface area contributed by atoms with E-state index in [-0.39, 0.29) is 6.61 Å². The lowest BCUT2D eigenvalue weighted by Crippen LogP contribution is -2.24. The van der Waals surface area contributed by atoms with E-state index < -0.39 is 6.09 Å². The lowest BCUT2D eigenvalue weighted by Gasteiger charge is -2.05. The number of hydrogen-bond acceptors (Lipinski definition) is 4. The van der Waals surface area contributed by atoms with Gasteiger partial charge in [0.1, 0.15) is 18.1 Å². The summed E-state index contributed by atoms with van der Waals surface area (Å²) in [5.41, 5.74) is 2.69. The van der Waals surface area contributed by atoms with Crippen LogP contribution in [0.25, 0.3) is 17.0 Å². The van der Waals surface area contributed by atoms with E-state index in [4.69, 9.17) is 16.3 Å². The summed E-state index contributed by atoms with van der Waals surface area (Å²) in [4.78, 5) is 19.8. The number of amides is 1. The molecular weight excluding hydrogens is 338 g/mol. The Labute approximate surface area is 150 Å². The highest BCUT2D eigenvalue weighted by Crippen LogP contribution is 2.20. The van der Waals surface area contributed by atoms with Crippen LogP contribution < -0.4 is 5.32 Å². The molecule has 0 aliphatic carbocycles. The Kier molecular flexibility index (Phi) is 5.59. The van der Waals surface area contributed by atoms with Crippen molar-refractivity contribution >= 4 is 34.7 Å². The Hall–Kier alpha value is -2.92. The van der Waals surface area contributed by atoms with E-state index in [1.807, 2.05) is 60.7 Å². The van der Waals surface area contributed by atoms with Gasteiger partial charge in [-0.25, -0.2) is 14.8 Å². The topological polar surface area (TPSA) is 64.1 Å². The molecule has 0 aliphatic rings. The van der Waals surface area contributed by atoms with Crippen LogP contribution in [0.2, 0.25) is 5.15 Å². The van der Waals surface area contributed by atoms with Gasteiger partial charge in [-0.05, 0) is 23.3 Å². The molecule has 3 aromatic rings. The van der Waals surface area contributed by atoms with Crippen LogP contribution in [0.5, 0.6) is 0 Å². The summed E-state index contributed by atoms with van der Waals surface area (Å²) >= 11 is 6.07. The van der Waals surface area contributed by atoms with Crippen molar-refractivity contribution in [3.8, 4) is 0 Å². The summed E-state index contributed by atoms with van der Waals surface area (Å²) in [5.74, 6) is 0. The van der Waals surface area contributed by atoms with Crippen molar-refractivity contribution in [2.75, 3.05) is 6.54 Å². The smallest absolute Gasteiger partial charge is 0.407 e. The number of hydrogen-bond donors (Lipinski definition) is 1. The van der Waals surface area contributed by atoms with E-state index >= 15 is 0 Å². The minimum absolute atomic E-state index is 0.250. The molecule has 0 spiro atoms. The Morgan fingerprint density at radius 3 is 2.84 bits per heavy atom. The highest BCUT2D eigenvalue weighted by atomic mass is 35.5. The summed E-state index contributed by atoms with van der Waals surface area (Å²) in [6, 6.07) is 15.2. The average molecular weight is 354 g/mol. The van der Waals surface area contributed by atoms with Gasteiger partial charge in [-0.1, -0.05) is 60.2 Å². The third-order valence-electron chi connectivity index (χ3n) is 3.50. The van der Waals surface area contributed by atoms with Crippen LogP contribution in [-0.2, 0) is 11.3 Å². The Morgan fingerprint density at radius 1 is 1.16 bits per heavy atom. The second-order valence-corrected chi connectivity index (χ2v) is 5.64. The van der Waals surface area contributed by atoms with E-state index in [0.717, 1.165) is 22.0 Å². The van der Waals surface area contributed by atoms with Crippen molar-refractivity contribution in [1.29, 1.82) is 0 Å². The minimum Gasteiger partial charge on any atom is -0.445 e. The molecule has 1 amide bonds. The number of ether oxygens (including phenoxy) is 1. The first-order valence-corrected chi connectivity index (χ1v) is 8.11. The first kappa shape index (κ1) is 16.9. The zero-order valence-electron chi connectivity index (χ0n) is 13.4. The highest BCUT2D eigenvalue weighted by Gasteiger charge is 2.02. The van der Waals surface area contributed by atoms with Gasteiger partial charge in [0.25, 0.3) is 0 Å². The van der Waals surface area contributed by atoms with Crippen LogP contribution in [-0.4, -0.2) is 22.6 Å². The molecular formula is C19H16ClN3O2. The summed E-state index contributed by atoms with van der Waals surface area (Å²) in [6.45, 7) is 0.615. The predicted molar refractivity (Wildman–Crippen MR) is 98.2 cm³/mol. The number of benzene rings is 2. The van der Waals surface area contributed by atoms with Crippen LogP contribution in [0.4, 0.5) is 4.79 Å². The van der Waals surface area contributed by atoms with E-state index in [0.29, 0.717) is 11.7 Å². The van der Waals surface area contributed by atoms with Gasteiger partial charge in [-0.3, -0.25) is 0 Å². The van der Waals surface area contributed by atoms with Gasteiger partial charge in [0.2, 0.25) is 0 Å². The molecule has 0 fully saturated rings. The molecule has 126 valence electrons. The number of halogens is 1. The molecule has 0 atom stereocenters. The maximum atomic E-state index is 11.6. The normalized spacial score (nSPS) is 10.9. The highest BCUT2D eigenvalue weighted by molar-refractivity contribution is 6.34. The Bertz CT molecular complexity index is 898. The number of aromatic nitrogens is 2. The maximum absolute atomic E-state index is 11.6. The predicted octanol–water partition coefficient (Wildman–Crippen LogP) is 4.22. The molecule has 5 nitrogen and oxygen atoms in total. The van der Waals surface area contributed by atoms with Gasteiger partial charge in [0, 0.05) is 11.9 Å². The number of nitrogens with zero attached hydrogens (tertiary/aromatic N) is 2. The molecule has 2 aromatic carbocycles. The van der Waals surface area contributed by atoms with Gasteiger partial charge < -0.3 is 10.1 Å². The fraction of sp³-hybridized carbons (Fsp3) is 0.105. The molecule has 1 heterocycles. The summed E-state index contributed by atoms with van der Waals surface area (Å²) in [6.07, 6.45) is 4.71. The molecule has 0 saturated heterocycles. The standard InChI is InChI=1S/C19H16ClN3O2/c20-18-16-11-14(8-9-17(16)22-13-23-18)7-4-10-21-19(24)25-12-15-5-2-1-3-6-15/h1-9,11,13H,10,12H2,(H,21,24). The molecule has 0 saturated carbocycles. The third kappa shape index (κ3) is 4.78. The fourth-order valence-electron chi connectivity index (χ4n) is 2.26. The molecule has 0 aliphatic heterocycles. The van der Waals surface area contributed by atoms with Gasteiger partial charge in [-0.2, -0.15) is 0 Å². The van der Waals surface area contributed by atoms with Gasteiger partial charge in [0.05, 0.1) is 5.52 Å². The third-order valence-corrected chi connectivity index (χ3v) is 3.80. The second kappa shape index (κ2) is 8.26. The fourth-order valence-corrected chi connectivity index (χ4v) is 2.45. The molecule has 0 bridgehead atoms. The number of carbonyl (C=O) groups excluding carboxylic acids is 1. The maximum Gasteiger partial charge on any atom is 0.407 e. The van der Waals surface area contributed by atoms with Crippen molar-refractivity contribution in [2.24, 2.45) is 0 Å². The number of alkyl carbamates (subject to hydrolysis) is 1. The number of rotatable bonds is 5. The molecule has 1 aromatic heterocycles. The van der Waals surface area contributed by atoms with Crippen LogP contribution in [0, 0.1) is 0 Å². The van der Waals surface area contributed by atoms with Crippen molar-refractivity contribution in [1.82, 2.24) is 15.3 Å². The van der Waals surface area contributed by atoms with Crippen molar-refractivity contribution in [3.63, 3.8) is 0 Å². The van der Waals surface area contributed by atoms with Crippen LogP contribution in [0.3, 0.4) is 0 Å². The van der Waals surface area contributed by atoms with Crippen LogP contribution in [0.1, 0.15) is 11.1 Å². The van der Waals surface area contributed by atoms with Crippen molar-refractivity contribution in [2.45, 2.75) is 6.61 Å². The molecule has 0 unspecified atom stereocenters. The largest absolute Gasteiger partial charge is 0.445 e. The summed E-state index contributed by atoms with van der Waals surface area (Å²) in [7, 11) is 0. The van der Waals surface area contributed by atoms with E-state index in [1.54, 1.807) is 0 Å². The van der Waals surface area contributed by atoms with Gasteiger partial charge in [0.15, 0.2) is 0 Å². The zero-order valence-corrected chi connectivity index (χ0v) is 14.1. The van der Waals surface area contributed by atoms with E-state index in [2.05, 4.69) is 15.3 Å². The van der Waals surface area contributed by atoms with Gasteiger partial charge in [-0.15, -0.1) is 0 Å². The average Bonchev–Trinajstić information content (AvgIpc) is 2.65. The molecule has 1 N–H and O–H groups in total. The first-order chi connectivity index (χ1) is 12.2. The first-order valence-electron chi connectivity index (χ1n) is 7.74. The molecule has 0 radical (unpaired) electrons. The SMILES string of the molecule is O=C(NCC=Cc1ccc2ncnc(Cl)c2c1)OCc1ccccc1. The number of nitrogens with one attached hydrogen (secondary N) is 1. The quantitative estimate of drug-likeness (QED) is 0.697. The van der Waals surface area contributed by atoms with E-state index in [1.165, 1.54) is 6.33 Å². The lowest BCUT2D eigenvalue weighted by molar-refractivity contribution is 0.141. The summed E-state index contributed by atoms with van der Waals surface area (Å²) < 4.78 is 5.14. The Balaban J connectivity index is 1.50. The number of fused-ring (bicyclic) bond motifs is 1. The van der Waals surface area contributed by atoms with Crippen LogP contribution in [0.15, 0.2) is 60.9 Å². The van der Waals surface area contributed by atoms with Crippen molar-refractivity contribution in [3.05, 3.63) is 77.2 Å². The van der Waals surface area contributed by atoms with Crippen LogP contribution >= 0.6 is 11.6 Å². The Morgan fingerprint density at radius 2 is 2.00 bits per heavy atom. The minimum atomic E-state index is -0.455. The summed E-state index contributed by atoms with van der Waals surface area (Å²) in [5, 5.41) is 3.89.